The van der Waals surface area contributed by atoms with Crippen molar-refractivity contribution in [1.29, 1.82) is 0 Å². The number of carboxylic acid groups (broad SMARTS) is 1. The van der Waals surface area contributed by atoms with Gasteiger partial charge in [-0.15, -0.1) is 0 Å². The van der Waals surface area contributed by atoms with Crippen molar-refractivity contribution in [3.63, 3.8) is 0 Å². The molecular weight excluding hydrogens is 308 g/mol. The van der Waals surface area contributed by atoms with E-state index in [9.17, 15) is 9.90 Å². The number of ether oxygens (including phenoxy) is 1. The van der Waals surface area contributed by atoms with Crippen molar-refractivity contribution in [2.24, 2.45) is 0 Å². The molecule has 0 amide bonds. The van der Waals surface area contributed by atoms with Crippen LogP contribution in [0.4, 0.5) is 0 Å². The topological polar surface area (TPSA) is 46.5 Å². The van der Waals surface area contributed by atoms with Gasteiger partial charge in [0.25, 0.3) is 0 Å². The van der Waals surface area contributed by atoms with Gasteiger partial charge in [-0.05, 0) is 28.0 Å². The fourth-order valence-electron chi connectivity index (χ4n) is 1.98. The van der Waals surface area contributed by atoms with Crippen molar-refractivity contribution in [2.45, 2.75) is 5.33 Å². The zero-order valence-corrected chi connectivity index (χ0v) is 12.0. The van der Waals surface area contributed by atoms with E-state index >= 15 is 0 Å². The molecule has 0 aliphatic heterocycles. The molecule has 1 N–H and O–H groups in total. The molecule has 0 atom stereocenters. The number of alkyl halides is 1. The molecule has 0 aliphatic rings. The van der Waals surface area contributed by atoms with Crippen LogP contribution >= 0.6 is 15.9 Å². The zero-order valence-electron chi connectivity index (χ0n) is 10.4. The molecule has 3 nitrogen and oxygen atoms in total. The molecule has 0 saturated heterocycles. The van der Waals surface area contributed by atoms with Gasteiger partial charge in [-0.25, -0.2) is 4.79 Å². The fourth-order valence-corrected chi connectivity index (χ4v) is 2.33. The molecule has 2 aromatic carbocycles. The first kappa shape index (κ1) is 13.6. The van der Waals surface area contributed by atoms with Crippen molar-refractivity contribution in [2.75, 3.05) is 7.11 Å². The van der Waals surface area contributed by atoms with E-state index in [1.165, 1.54) is 13.4 Å². The van der Waals surface area contributed by atoms with Crippen LogP contribution in [0, 0.1) is 0 Å². The quantitative estimate of drug-likeness (QED) is 0.529. The molecule has 0 unspecified atom stereocenters. The second-order valence-corrected chi connectivity index (χ2v) is 4.63. The minimum atomic E-state index is -1.00. The molecule has 0 radical (unpaired) electrons. The van der Waals surface area contributed by atoms with Gasteiger partial charge in [0.2, 0.25) is 0 Å². The number of rotatable bonds is 4. The molecular formula is C15H13BrO3. The van der Waals surface area contributed by atoms with E-state index in [1.54, 1.807) is 6.07 Å². The van der Waals surface area contributed by atoms with Crippen molar-refractivity contribution < 1.29 is 14.6 Å². The number of methoxy groups -OCH3 is 1. The van der Waals surface area contributed by atoms with Crippen LogP contribution in [0.2, 0.25) is 0 Å². The molecule has 2 rings (SSSR count). The summed E-state index contributed by atoms with van der Waals surface area (Å²) in [5, 5.41) is 11.9. The number of halogens is 1. The molecule has 98 valence electrons. The van der Waals surface area contributed by atoms with Crippen LogP contribution in [0.25, 0.3) is 16.3 Å². The average molecular weight is 321 g/mol. The van der Waals surface area contributed by atoms with Gasteiger partial charge in [0.15, 0.2) is 0 Å². The van der Waals surface area contributed by atoms with Gasteiger partial charge in [0.05, 0.1) is 13.4 Å². The number of hydrogen-bond acceptors (Lipinski definition) is 2. The highest BCUT2D eigenvalue weighted by molar-refractivity contribution is 9.08. The first-order chi connectivity index (χ1) is 9.17. The lowest BCUT2D eigenvalue weighted by Crippen LogP contribution is -2.01. The Morgan fingerprint density at radius 1 is 1.37 bits per heavy atom. The first-order valence-electron chi connectivity index (χ1n) is 5.71. The maximum atomic E-state index is 11.3. The van der Waals surface area contributed by atoms with Crippen molar-refractivity contribution >= 4 is 38.2 Å². The monoisotopic (exact) mass is 320 g/mol. The maximum absolute atomic E-state index is 11.3. The Bertz CT molecular complexity index is 647. The molecule has 19 heavy (non-hydrogen) atoms. The fraction of sp³-hybridized carbons (Fsp3) is 0.133. The lowest BCUT2D eigenvalue weighted by atomic mass is 9.97. The van der Waals surface area contributed by atoms with Gasteiger partial charge in [-0.1, -0.05) is 46.3 Å². The van der Waals surface area contributed by atoms with E-state index in [2.05, 4.69) is 15.9 Å². The van der Waals surface area contributed by atoms with Crippen LogP contribution < -0.4 is 0 Å². The minimum Gasteiger partial charge on any atom is -0.503 e. The predicted molar refractivity (Wildman–Crippen MR) is 79.2 cm³/mol. The van der Waals surface area contributed by atoms with Crippen molar-refractivity contribution in [1.82, 2.24) is 0 Å². The van der Waals surface area contributed by atoms with Gasteiger partial charge < -0.3 is 9.84 Å². The number of hydrogen-bond donors (Lipinski definition) is 1. The van der Waals surface area contributed by atoms with E-state index in [4.69, 9.17) is 4.74 Å². The SMILES string of the molecule is COC=C(C(=O)O)c1cccc2ccc(CBr)cc12. The predicted octanol–water partition coefficient (Wildman–Crippen LogP) is 3.81. The number of fused-ring (bicyclic) bond motifs is 1. The summed E-state index contributed by atoms with van der Waals surface area (Å²) >= 11 is 3.41. The second-order valence-electron chi connectivity index (χ2n) is 4.07. The Labute approximate surface area is 119 Å². The van der Waals surface area contributed by atoms with Crippen molar-refractivity contribution in [3.8, 4) is 0 Å². The third kappa shape index (κ3) is 2.79. The summed E-state index contributed by atoms with van der Waals surface area (Å²) in [7, 11) is 1.44. The van der Waals surface area contributed by atoms with Gasteiger partial charge in [0, 0.05) is 5.33 Å². The number of benzene rings is 2. The van der Waals surface area contributed by atoms with E-state index < -0.39 is 5.97 Å². The molecule has 0 spiro atoms. The molecule has 0 aliphatic carbocycles. The van der Waals surface area contributed by atoms with Crippen LogP contribution in [0.5, 0.6) is 0 Å². The highest BCUT2D eigenvalue weighted by Crippen LogP contribution is 2.27. The Kier molecular flexibility index (Phi) is 4.22. The Morgan fingerprint density at radius 3 is 2.79 bits per heavy atom. The molecule has 0 fully saturated rings. The highest BCUT2D eigenvalue weighted by atomic mass is 79.9. The Hall–Kier alpha value is -1.81. The number of aliphatic carboxylic acids is 1. The summed E-state index contributed by atoms with van der Waals surface area (Å²) < 4.78 is 4.87. The van der Waals surface area contributed by atoms with Crippen LogP contribution in [0.1, 0.15) is 11.1 Å². The summed E-state index contributed by atoms with van der Waals surface area (Å²) in [6, 6.07) is 11.6. The molecule has 4 heteroatoms. The lowest BCUT2D eigenvalue weighted by molar-refractivity contribution is -0.130. The molecule has 2 aromatic rings. The van der Waals surface area contributed by atoms with Crippen LogP contribution in [0.3, 0.4) is 0 Å². The largest absolute Gasteiger partial charge is 0.503 e. The highest BCUT2D eigenvalue weighted by Gasteiger charge is 2.14. The van der Waals surface area contributed by atoms with Crippen LogP contribution in [-0.2, 0) is 14.9 Å². The second kappa shape index (κ2) is 5.89. The molecule has 0 heterocycles. The molecule has 0 bridgehead atoms. The van der Waals surface area contributed by atoms with Gasteiger partial charge in [0.1, 0.15) is 5.57 Å². The number of carboxylic acids is 1. The molecule has 0 aromatic heterocycles. The standard InChI is InChI=1S/C15H13BrO3/c1-19-9-14(15(17)18)12-4-2-3-11-6-5-10(8-16)7-13(11)12/h2-7,9H,8H2,1H3,(H,17,18). The van der Waals surface area contributed by atoms with E-state index in [0.29, 0.717) is 5.56 Å². The lowest BCUT2D eigenvalue weighted by Gasteiger charge is -2.08. The first-order valence-corrected chi connectivity index (χ1v) is 6.83. The van der Waals surface area contributed by atoms with Crippen molar-refractivity contribution in [3.05, 3.63) is 53.8 Å². The summed E-state index contributed by atoms with van der Waals surface area (Å²) in [5.74, 6) is -1.00. The number of carbonyl (C=O) groups is 1. The van der Waals surface area contributed by atoms with E-state index in [0.717, 1.165) is 21.7 Å². The summed E-state index contributed by atoms with van der Waals surface area (Å²) in [6.07, 6.45) is 1.26. The Morgan fingerprint density at radius 2 is 2.16 bits per heavy atom. The van der Waals surface area contributed by atoms with Crippen LogP contribution in [-0.4, -0.2) is 18.2 Å². The van der Waals surface area contributed by atoms with E-state index in [1.807, 2.05) is 30.3 Å². The van der Waals surface area contributed by atoms with Crippen LogP contribution in [0.15, 0.2) is 42.7 Å². The zero-order chi connectivity index (χ0) is 13.8. The molecule has 0 saturated carbocycles. The van der Waals surface area contributed by atoms with Gasteiger partial charge in [-0.2, -0.15) is 0 Å². The smallest absolute Gasteiger partial charge is 0.339 e. The summed E-state index contributed by atoms with van der Waals surface area (Å²) in [5.41, 5.74) is 1.91. The maximum Gasteiger partial charge on any atom is 0.339 e. The van der Waals surface area contributed by atoms with E-state index in [-0.39, 0.29) is 5.57 Å². The van der Waals surface area contributed by atoms with Gasteiger partial charge >= 0.3 is 5.97 Å². The summed E-state index contributed by atoms with van der Waals surface area (Å²) in [4.78, 5) is 11.3. The third-order valence-corrected chi connectivity index (χ3v) is 3.50. The average Bonchev–Trinajstić information content (AvgIpc) is 2.43. The summed E-state index contributed by atoms with van der Waals surface area (Å²) in [6.45, 7) is 0. The third-order valence-electron chi connectivity index (χ3n) is 2.86. The Balaban J connectivity index is 2.71. The van der Waals surface area contributed by atoms with Gasteiger partial charge in [-0.3, -0.25) is 0 Å². The normalized spacial score (nSPS) is 11.6. The minimum absolute atomic E-state index is 0.153.